The number of hydrogen-bond donors (Lipinski definition) is 1. The van der Waals surface area contributed by atoms with Crippen LogP contribution in [0.4, 0.5) is 5.69 Å². The van der Waals surface area contributed by atoms with Crippen LogP contribution >= 0.6 is 11.6 Å². The van der Waals surface area contributed by atoms with E-state index in [-0.39, 0.29) is 0 Å². The van der Waals surface area contributed by atoms with Crippen molar-refractivity contribution in [3.05, 3.63) is 64.2 Å². The van der Waals surface area contributed by atoms with Crippen LogP contribution in [-0.4, -0.2) is 26.2 Å². The van der Waals surface area contributed by atoms with Gasteiger partial charge >= 0.3 is 0 Å². The van der Waals surface area contributed by atoms with E-state index in [9.17, 15) is 0 Å². The fourth-order valence-electron chi connectivity index (χ4n) is 3.21. The molecule has 1 aliphatic heterocycles. The number of anilines is 1. The first-order valence-electron chi connectivity index (χ1n) is 8.02. The highest BCUT2D eigenvalue weighted by Gasteiger charge is 2.21. The zero-order valence-corrected chi connectivity index (χ0v) is 14.2. The number of quaternary nitrogens is 1. The van der Waals surface area contributed by atoms with E-state index in [1.54, 1.807) is 4.90 Å². The molecule has 1 N–H and O–H groups in total. The lowest BCUT2D eigenvalue weighted by Crippen LogP contribution is -3.13. The normalized spacial score (nSPS) is 16.0. The van der Waals surface area contributed by atoms with Gasteiger partial charge in [-0.3, -0.25) is 0 Å². The molecule has 0 spiro atoms. The zero-order chi connectivity index (χ0) is 15.5. The minimum atomic E-state index is 0.895. The summed E-state index contributed by atoms with van der Waals surface area (Å²) in [4.78, 5) is 4.15. The Bertz CT molecular complexity index is 646. The number of rotatable bonds is 3. The quantitative estimate of drug-likeness (QED) is 0.915. The smallest absolute Gasteiger partial charge is 0.104 e. The van der Waals surface area contributed by atoms with Crippen LogP contribution in [0.2, 0.25) is 5.02 Å². The molecule has 2 aromatic rings. The van der Waals surface area contributed by atoms with Crippen molar-refractivity contribution in [2.24, 2.45) is 0 Å². The van der Waals surface area contributed by atoms with E-state index in [0.717, 1.165) is 24.7 Å². The first-order chi connectivity index (χ1) is 10.6. The largest absolute Gasteiger partial charge is 0.360 e. The molecule has 0 aromatic heterocycles. The summed E-state index contributed by atoms with van der Waals surface area (Å²) < 4.78 is 0. The number of piperazine rings is 1. The Kier molecular flexibility index (Phi) is 4.70. The van der Waals surface area contributed by atoms with Crippen molar-refractivity contribution in [2.75, 3.05) is 31.1 Å². The Morgan fingerprint density at radius 2 is 1.77 bits per heavy atom. The van der Waals surface area contributed by atoms with Crippen molar-refractivity contribution in [3.63, 3.8) is 0 Å². The minimum Gasteiger partial charge on any atom is -0.360 e. The molecule has 0 radical (unpaired) electrons. The molecule has 1 saturated heterocycles. The third-order valence-corrected chi connectivity index (χ3v) is 4.94. The molecular formula is C19H24ClN2+. The maximum absolute atomic E-state index is 6.28. The average molecular weight is 316 g/mol. The van der Waals surface area contributed by atoms with Gasteiger partial charge in [-0.1, -0.05) is 41.9 Å². The van der Waals surface area contributed by atoms with Gasteiger partial charge in [0.2, 0.25) is 0 Å². The second kappa shape index (κ2) is 6.72. The standard InChI is InChI=1S/C19H23ClN2/c1-15-7-8-16(2)19(13-15)22-11-9-21(10-12-22)14-17-5-3-4-6-18(17)20/h3-8,13H,9-12,14H2,1-2H3/p+1. The highest BCUT2D eigenvalue weighted by Crippen LogP contribution is 2.21. The van der Waals surface area contributed by atoms with Gasteiger partial charge in [0.15, 0.2) is 0 Å². The van der Waals surface area contributed by atoms with Gasteiger partial charge in [-0.05, 0) is 37.1 Å². The zero-order valence-electron chi connectivity index (χ0n) is 13.4. The first-order valence-corrected chi connectivity index (χ1v) is 8.40. The maximum Gasteiger partial charge on any atom is 0.104 e. The highest BCUT2D eigenvalue weighted by molar-refractivity contribution is 6.31. The predicted molar refractivity (Wildman–Crippen MR) is 94.0 cm³/mol. The average Bonchev–Trinajstić information content (AvgIpc) is 2.53. The van der Waals surface area contributed by atoms with Gasteiger partial charge < -0.3 is 9.80 Å². The predicted octanol–water partition coefficient (Wildman–Crippen LogP) is 2.86. The van der Waals surface area contributed by atoms with Crippen molar-refractivity contribution in [1.29, 1.82) is 0 Å². The van der Waals surface area contributed by atoms with E-state index in [1.165, 1.54) is 35.5 Å². The number of benzene rings is 2. The molecule has 0 saturated carbocycles. The number of nitrogens with one attached hydrogen (secondary N) is 1. The molecule has 3 heteroatoms. The Morgan fingerprint density at radius 3 is 2.50 bits per heavy atom. The van der Waals surface area contributed by atoms with Gasteiger partial charge in [-0.2, -0.15) is 0 Å². The molecule has 1 heterocycles. The van der Waals surface area contributed by atoms with E-state index in [2.05, 4.69) is 49.1 Å². The number of aryl methyl sites for hydroxylation is 2. The Labute approximate surface area is 138 Å². The first kappa shape index (κ1) is 15.4. The molecule has 0 bridgehead atoms. The SMILES string of the molecule is Cc1ccc(C)c(N2CC[NH+](Cc3ccccc3Cl)CC2)c1. The lowest BCUT2D eigenvalue weighted by atomic mass is 10.1. The molecule has 116 valence electrons. The van der Waals surface area contributed by atoms with Gasteiger partial charge in [-0.15, -0.1) is 0 Å². The summed E-state index contributed by atoms with van der Waals surface area (Å²) in [6.45, 7) is 9.96. The van der Waals surface area contributed by atoms with Crippen LogP contribution < -0.4 is 9.80 Å². The van der Waals surface area contributed by atoms with Gasteiger partial charge in [0.1, 0.15) is 6.54 Å². The van der Waals surface area contributed by atoms with Crippen molar-refractivity contribution in [3.8, 4) is 0 Å². The van der Waals surface area contributed by atoms with Crippen molar-refractivity contribution < 1.29 is 4.90 Å². The van der Waals surface area contributed by atoms with Crippen LogP contribution in [0.3, 0.4) is 0 Å². The summed E-state index contributed by atoms with van der Waals surface area (Å²) in [6, 6.07) is 14.9. The summed E-state index contributed by atoms with van der Waals surface area (Å²) in [5.41, 5.74) is 5.38. The summed E-state index contributed by atoms with van der Waals surface area (Å²) in [5, 5.41) is 0.895. The Hall–Kier alpha value is -1.51. The van der Waals surface area contributed by atoms with Gasteiger partial charge in [0, 0.05) is 16.3 Å². The fraction of sp³-hybridized carbons (Fsp3) is 0.368. The van der Waals surface area contributed by atoms with Crippen LogP contribution in [-0.2, 0) is 6.54 Å². The van der Waals surface area contributed by atoms with Crippen LogP contribution in [0.1, 0.15) is 16.7 Å². The maximum atomic E-state index is 6.28. The molecule has 0 atom stereocenters. The topological polar surface area (TPSA) is 7.68 Å². The summed E-state index contributed by atoms with van der Waals surface area (Å²) >= 11 is 6.28. The monoisotopic (exact) mass is 315 g/mol. The molecule has 2 aromatic carbocycles. The van der Waals surface area contributed by atoms with Crippen LogP contribution in [0.15, 0.2) is 42.5 Å². The molecule has 22 heavy (non-hydrogen) atoms. The Balaban J connectivity index is 1.63. The second-order valence-electron chi connectivity index (χ2n) is 6.30. The number of nitrogens with zero attached hydrogens (tertiary/aromatic N) is 1. The lowest BCUT2D eigenvalue weighted by molar-refractivity contribution is -0.914. The van der Waals surface area contributed by atoms with E-state index >= 15 is 0 Å². The molecule has 1 fully saturated rings. The van der Waals surface area contributed by atoms with Gasteiger partial charge in [0.25, 0.3) is 0 Å². The molecule has 0 aliphatic carbocycles. The van der Waals surface area contributed by atoms with E-state index < -0.39 is 0 Å². The van der Waals surface area contributed by atoms with Crippen molar-refractivity contribution in [1.82, 2.24) is 0 Å². The van der Waals surface area contributed by atoms with Gasteiger partial charge in [-0.25, -0.2) is 0 Å². The third-order valence-electron chi connectivity index (χ3n) is 4.57. The molecule has 0 unspecified atom stereocenters. The molecular weight excluding hydrogens is 292 g/mol. The number of halogens is 1. The second-order valence-corrected chi connectivity index (χ2v) is 6.70. The molecule has 1 aliphatic rings. The molecule has 0 amide bonds. The third kappa shape index (κ3) is 3.45. The minimum absolute atomic E-state index is 0.895. The molecule has 2 nitrogen and oxygen atoms in total. The van der Waals surface area contributed by atoms with Crippen molar-refractivity contribution >= 4 is 17.3 Å². The summed E-state index contributed by atoms with van der Waals surface area (Å²) in [5.74, 6) is 0. The molecule has 3 rings (SSSR count). The highest BCUT2D eigenvalue weighted by atomic mass is 35.5. The lowest BCUT2D eigenvalue weighted by Gasteiger charge is -2.34. The van der Waals surface area contributed by atoms with Crippen LogP contribution in [0.5, 0.6) is 0 Å². The van der Waals surface area contributed by atoms with E-state index in [0.29, 0.717) is 0 Å². The van der Waals surface area contributed by atoms with Crippen LogP contribution in [0, 0.1) is 13.8 Å². The number of hydrogen-bond acceptors (Lipinski definition) is 1. The Morgan fingerprint density at radius 1 is 1.05 bits per heavy atom. The van der Waals surface area contributed by atoms with E-state index in [4.69, 9.17) is 11.6 Å². The van der Waals surface area contributed by atoms with Crippen molar-refractivity contribution in [2.45, 2.75) is 20.4 Å². The van der Waals surface area contributed by atoms with Gasteiger partial charge in [0.05, 0.1) is 26.2 Å². The summed E-state index contributed by atoms with van der Waals surface area (Å²) in [6.07, 6.45) is 0. The fourth-order valence-corrected chi connectivity index (χ4v) is 3.41. The van der Waals surface area contributed by atoms with Crippen LogP contribution in [0.25, 0.3) is 0 Å². The summed E-state index contributed by atoms with van der Waals surface area (Å²) in [7, 11) is 0. The van der Waals surface area contributed by atoms with E-state index in [1.807, 2.05) is 12.1 Å².